The zero-order chi connectivity index (χ0) is 39.0. The second-order valence-electron chi connectivity index (χ2n) is 16.7. The molecule has 0 atom stereocenters. The molecule has 13 rings (SSSR count). The van der Waals surface area contributed by atoms with Gasteiger partial charge in [-0.1, -0.05) is 166 Å². The van der Waals surface area contributed by atoms with Gasteiger partial charge in [-0.3, -0.25) is 0 Å². The number of benzene rings is 10. The highest BCUT2D eigenvalue weighted by atomic mass is 16.3. The Kier molecular flexibility index (Phi) is 6.54. The van der Waals surface area contributed by atoms with Gasteiger partial charge in [0.25, 0.3) is 0 Å². The lowest BCUT2D eigenvalue weighted by atomic mass is 9.80. The van der Waals surface area contributed by atoms with E-state index in [-0.39, 0.29) is 5.41 Å². The molecule has 0 amide bonds. The van der Waals surface area contributed by atoms with E-state index >= 15 is 0 Å². The molecule has 2 aromatic heterocycles. The third kappa shape index (κ3) is 4.46. The average Bonchev–Trinajstić information content (AvgIpc) is 3.92. The molecule has 0 unspecified atom stereocenters. The molecule has 12 aromatic rings. The van der Waals surface area contributed by atoms with E-state index < -0.39 is 0 Å². The van der Waals surface area contributed by atoms with Crippen LogP contribution in [0.15, 0.2) is 191 Å². The van der Waals surface area contributed by atoms with E-state index in [2.05, 4.69) is 178 Å². The van der Waals surface area contributed by atoms with Crippen LogP contribution in [0.2, 0.25) is 0 Å². The first-order chi connectivity index (χ1) is 29.0. The monoisotopic (exact) mass is 752 g/mol. The normalized spacial score (nSPS) is 13.4. The van der Waals surface area contributed by atoms with Crippen molar-refractivity contribution in [3.63, 3.8) is 0 Å². The number of furan rings is 2. The summed E-state index contributed by atoms with van der Waals surface area (Å²) in [6, 6.07) is 66.5. The van der Waals surface area contributed by atoms with E-state index in [1.54, 1.807) is 0 Å². The molecule has 0 bridgehead atoms. The lowest BCUT2D eigenvalue weighted by Crippen LogP contribution is -2.15. The van der Waals surface area contributed by atoms with Crippen molar-refractivity contribution in [1.82, 2.24) is 0 Å². The Hall–Kier alpha value is -7.42. The molecule has 0 radical (unpaired) electrons. The Labute approximate surface area is 340 Å². The molecule has 0 spiro atoms. The summed E-state index contributed by atoms with van der Waals surface area (Å²) < 4.78 is 13.2. The fraction of sp³-hybridized carbons (Fsp3) is 0.0526. The van der Waals surface area contributed by atoms with Crippen molar-refractivity contribution in [3.8, 4) is 44.5 Å². The van der Waals surface area contributed by atoms with Crippen molar-refractivity contribution in [2.45, 2.75) is 19.3 Å². The molecule has 0 aliphatic heterocycles. The van der Waals surface area contributed by atoms with Gasteiger partial charge in [0.05, 0.1) is 5.39 Å². The van der Waals surface area contributed by atoms with E-state index in [0.29, 0.717) is 0 Å². The minimum atomic E-state index is -0.200. The van der Waals surface area contributed by atoms with E-state index in [1.807, 2.05) is 18.2 Å². The largest absolute Gasteiger partial charge is 0.456 e. The van der Waals surface area contributed by atoms with Crippen molar-refractivity contribution in [3.05, 3.63) is 193 Å². The number of hydrogen-bond acceptors (Lipinski definition) is 2. The summed E-state index contributed by atoms with van der Waals surface area (Å²) in [6.45, 7) is 4.76. The molecule has 10 aromatic carbocycles. The SMILES string of the molecule is CC1(C)c2ccc(-c3cc4oc5ccccc5c4c4oc5ccccc5c34)cc2-c2ccc(-c3c4ccccc4c(-c4cccc5ccccc45)c4ccccc34)cc21. The van der Waals surface area contributed by atoms with Crippen molar-refractivity contribution in [2.24, 2.45) is 0 Å². The summed E-state index contributed by atoms with van der Waals surface area (Å²) in [6.07, 6.45) is 0. The number of para-hydroxylation sites is 2. The standard InChI is InChI=1S/C57H36O2/c1-57(2)47-29-27-34(45-32-51-55(44-22-10-11-24-49(44)58-51)56-54(45)43-21-9-12-25-50(43)59-56)30-46(47)37-28-26-35(31-48(37)57)52-39-17-5-7-19-41(39)53(42-20-8-6-18-40(42)52)38-23-13-15-33-14-3-4-16-36(33)38/h3-32H,1-2H3. The summed E-state index contributed by atoms with van der Waals surface area (Å²) >= 11 is 0. The second kappa shape index (κ2) is 11.8. The van der Waals surface area contributed by atoms with Crippen LogP contribution in [0.3, 0.4) is 0 Å². The second-order valence-corrected chi connectivity index (χ2v) is 16.7. The van der Waals surface area contributed by atoms with Gasteiger partial charge in [0.2, 0.25) is 0 Å². The predicted octanol–water partition coefficient (Wildman–Crippen LogP) is 16.3. The molecule has 276 valence electrons. The smallest absolute Gasteiger partial charge is 0.147 e. The van der Waals surface area contributed by atoms with Crippen LogP contribution in [0, 0.1) is 0 Å². The van der Waals surface area contributed by atoms with E-state index in [1.165, 1.54) is 76.8 Å². The summed E-state index contributed by atoms with van der Waals surface area (Å²) in [5.74, 6) is 0. The van der Waals surface area contributed by atoms with E-state index in [4.69, 9.17) is 8.83 Å². The molecular formula is C57H36O2. The minimum absolute atomic E-state index is 0.200. The lowest BCUT2D eigenvalue weighted by molar-refractivity contribution is 0.660. The van der Waals surface area contributed by atoms with Crippen molar-refractivity contribution in [1.29, 1.82) is 0 Å². The zero-order valence-corrected chi connectivity index (χ0v) is 32.6. The molecule has 0 saturated carbocycles. The van der Waals surface area contributed by atoms with Gasteiger partial charge in [0.15, 0.2) is 0 Å². The van der Waals surface area contributed by atoms with Gasteiger partial charge in [-0.2, -0.15) is 0 Å². The highest BCUT2D eigenvalue weighted by molar-refractivity contribution is 6.27. The quantitative estimate of drug-likeness (QED) is 0.168. The molecule has 0 saturated heterocycles. The molecule has 59 heavy (non-hydrogen) atoms. The molecule has 2 nitrogen and oxygen atoms in total. The first-order valence-corrected chi connectivity index (χ1v) is 20.5. The third-order valence-electron chi connectivity index (χ3n) is 13.3. The van der Waals surface area contributed by atoms with Crippen LogP contribution < -0.4 is 0 Å². The molecule has 2 heteroatoms. The van der Waals surface area contributed by atoms with E-state index in [9.17, 15) is 0 Å². The maximum Gasteiger partial charge on any atom is 0.147 e. The van der Waals surface area contributed by atoms with Crippen LogP contribution in [0.5, 0.6) is 0 Å². The Morgan fingerprint density at radius 1 is 0.339 bits per heavy atom. The number of hydrogen-bond donors (Lipinski definition) is 0. The van der Waals surface area contributed by atoms with Crippen LogP contribution in [0.1, 0.15) is 25.0 Å². The first kappa shape index (κ1) is 32.6. The van der Waals surface area contributed by atoms with Gasteiger partial charge in [-0.05, 0) is 118 Å². The molecular weight excluding hydrogens is 717 g/mol. The van der Waals surface area contributed by atoms with Crippen LogP contribution in [0.4, 0.5) is 0 Å². The fourth-order valence-corrected chi connectivity index (χ4v) is 10.6. The third-order valence-corrected chi connectivity index (χ3v) is 13.3. The Balaban J connectivity index is 1.02. The first-order valence-electron chi connectivity index (χ1n) is 20.5. The van der Waals surface area contributed by atoms with Crippen molar-refractivity contribution >= 4 is 76.2 Å². The highest BCUT2D eigenvalue weighted by Crippen LogP contribution is 2.53. The van der Waals surface area contributed by atoms with Crippen LogP contribution in [-0.2, 0) is 5.41 Å². The summed E-state index contributed by atoms with van der Waals surface area (Å²) in [7, 11) is 0. The molecule has 0 fully saturated rings. The van der Waals surface area contributed by atoms with Crippen molar-refractivity contribution in [2.75, 3.05) is 0 Å². The Bertz CT molecular complexity index is 3700. The lowest BCUT2D eigenvalue weighted by Gasteiger charge is -2.23. The van der Waals surface area contributed by atoms with Crippen molar-refractivity contribution < 1.29 is 8.83 Å². The summed E-state index contributed by atoms with van der Waals surface area (Å²) in [5.41, 5.74) is 15.9. The highest BCUT2D eigenvalue weighted by Gasteiger charge is 2.36. The maximum atomic E-state index is 6.68. The van der Waals surface area contributed by atoms with Gasteiger partial charge in [0.1, 0.15) is 22.3 Å². The minimum Gasteiger partial charge on any atom is -0.456 e. The molecule has 2 heterocycles. The average molecular weight is 753 g/mol. The van der Waals surface area contributed by atoms with Gasteiger partial charge in [0, 0.05) is 21.6 Å². The summed E-state index contributed by atoms with van der Waals surface area (Å²) in [5, 5.41) is 11.9. The van der Waals surface area contributed by atoms with Crippen LogP contribution in [0.25, 0.3) is 121 Å². The zero-order valence-electron chi connectivity index (χ0n) is 32.6. The van der Waals surface area contributed by atoms with Crippen LogP contribution in [-0.4, -0.2) is 0 Å². The maximum absolute atomic E-state index is 6.68. The van der Waals surface area contributed by atoms with Gasteiger partial charge in [-0.15, -0.1) is 0 Å². The van der Waals surface area contributed by atoms with Gasteiger partial charge >= 0.3 is 0 Å². The summed E-state index contributed by atoms with van der Waals surface area (Å²) in [4.78, 5) is 0. The predicted molar refractivity (Wildman–Crippen MR) is 247 cm³/mol. The number of rotatable bonds is 3. The number of fused-ring (bicyclic) bond motifs is 13. The van der Waals surface area contributed by atoms with E-state index in [0.717, 1.165) is 55.0 Å². The molecule has 0 N–H and O–H groups in total. The van der Waals surface area contributed by atoms with Gasteiger partial charge in [-0.25, -0.2) is 0 Å². The molecule has 1 aliphatic carbocycles. The Morgan fingerprint density at radius 2 is 0.915 bits per heavy atom. The molecule has 1 aliphatic rings. The topological polar surface area (TPSA) is 26.3 Å². The Morgan fingerprint density at radius 3 is 1.64 bits per heavy atom. The van der Waals surface area contributed by atoms with Crippen LogP contribution >= 0.6 is 0 Å². The van der Waals surface area contributed by atoms with Gasteiger partial charge < -0.3 is 8.83 Å². The fourth-order valence-electron chi connectivity index (χ4n) is 10.6.